The summed E-state index contributed by atoms with van der Waals surface area (Å²) in [5, 5.41) is 5.13. The molecule has 2 N–H and O–H groups in total. The van der Waals surface area contributed by atoms with Crippen molar-refractivity contribution in [2.24, 2.45) is 57.4 Å². The van der Waals surface area contributed by atoms with Crippen molar-refractivity contribution in [2.75, 3.05) is 0 Å². The minimum atomic E-state index is -4.02. The monoisotopic (exact) mass is 637 g/mol. The normalized spacial score (nSPS) is 40.5. The van der Waals surface area contributed by atoms with E-state index in [0.29, 0.717) is 55.3 Å². The second-order valence-corrected chi connectivity index (χ2v) is 18.6. The van der Waals surface area contributed by atoms with Crippen LogP contribution in [0.15, 0.2) is 0 Å². The van der Waals surface area contributed by atoms with E-state index in [1.807, 2.05) is 34.6 Å². The summed E-state index contributed by atoms with van der Waals surface area (Å²) >= 11 is 0. The average molecular weight is 638 g/mol. The quantitative estimate of drug-likeness (QED) is 0.268. The van der Waals surface area contributed by atoms with Gasteiger partial charge >= 0.3 is 22.2 Å². The SMILES string of the molecule is CCC(C)(C)C(=O)OC1(C(C)C)C2CC3CC(C2)CC1C3.CCC(C)(C)C(=O)OC12CC3CC(C1)CC(OS(N)(=O)=O)(C3)C2. The van der Waals surface area contributed by atoms with Crippen LogP contribution in [-0.2, 0) is 33.6 Å². The van der Waals surface area contributed by atoms with Gasteiger partial charge in [0, 0.05) is 6.42 Å². The van der Waals surface area contributed by atoms with E-state index in [0.717, 1.165) is 37.5 Å². The maximum Gasteiger partial charge on any atom is 0.333 e. The molecular weight excluding hydrogens is 578 g/mol. The Bertz CT molecular complexity index is 1180. The third-order valence-corrected chi connectivity index (χ3v) is 13.6. The zero-order valence-corrected chi connectivity index (χ0v) is 29.4. The van der Waals surface area contributed by atoms with Gasteiger partial charge in [0.2, 0.25) is 0 Å². The van der Waals surface area contributed by atoms with Crippen LogP contribution in [0.5, 0.6) is 0 Å². The minimum Gasteiger partial charge on any atom is -0.459 e. The van der Waals surface area contributed by atoms with Gasteiger partial charge in [-0.05, 0) is 146 Å². The Morgan fingerprint density at radius 2 is 1.14 bits per heavy atom. The Kier molecular flexibility index (Phi) is 8.93. The molecule has 0 spiro atoms. The molecule has 0 aromatic rings. The molecule has 44 heavy (non-hydrogen) atoms. The summed E-state index contributed by atoms with van der Waals surface area (Å²) in [6, 6.07) is 0. The van der Waals surface area contributed by atoms with Gasteiger partial charge in [-0.3, -0.25) is 13.8 Å². The maximum absolute atomic E-state index is 12.8. The summed E-state index contributed by atoms with van der Waals surface area (Å²) in [4.78, 5) is 25.3. The van der Waals surface area contributed by atoms with Gasteiger partial charge in [-0.2, -0.15) is 8.42 Å². The molecule has 0 amide bonds. The highest BCUT2D eigenvalue weighted by Gasteiger charge is 2.63. The molecule has 8 fully saturated rings. The van der Waals surface area contributed by atoms with Gasteiger partial charge in [-0.15, -0.1) is 0 Å². The molecule has 0 aromatic carbocycles. The van der Waals surface area contributed by atoms with Crippen LogP contribution in [0.25, 0.3) is 0 Å². The number of hydrogen-bond donors (Lipinski definition) is 1. The van der Waals surface area contributed by atoms with Gasteiger partial charge in [0.1, 0.15) is 11.2 Å². The smallest absolute Gasteiger partial charge is 0.333 e. The molecule has 8 saturated carbocycles. The number of esters is 2. The zero-order chi connectivity index (χ0) is 32.5. The first-order valence-electron chi connectivity index (χ1n) is 17.5. The fourth-order valence-electron chi connectivity index (χ4n) is 10.6. The number of rotatable bonds is 9. The van der Waals surface area contributed by atoms with Gasteiger partial charge in [-0.25, -0.2) is 5.14 Å². The van der Waals surface area contributed by atoms with Crippen molar-refractivity contribution in [3.8, 4) is 0 Å². The molecule has 0 radical (unpaired) electrons. The summed E-state index contributed by atoms with van der Waals surface area (Å²) in [5.74, 6) is 4.01. The first-order chi connectivity index (χ1) is 20.3. The van der Waals surface area contributed by atoms with Crippen molar-refractivity contribution in [3.05, 3.63) is 0 Å². The number of ether oxygens (including phenoxy) is 2. The molecule has 2 atom stereocenters. The van der Waals surface area contributed by atoms with Crippen molar-refractivity contribution >= 4 is 22.2 Å². The molecule has 0 heterocycles. The number of hydrogen-bond acceptors (Lipinski definition) is 7. The van der Waals surface area contributed by atoms with E-state index in [1.54, 1.807) is 0 Å². The summed E-state index contributed by atoms with van der Waals surface area (Å²) in [5.41, 5.74) is -2.42. The Morgan fingerprint density at radius 3 is 1.55 bits per heavy atom. The summed E-state index contributed by atoms with van der Waals surface area (Å²) in [6.45, 7) is 16.4. The van der Waals surface area contributed by atoms with Crippen molar-refractivity contribution in [1.29, 1.82) is 0 Å². The lowest BCUT2D eigenvalue weighted by Crippen LogP contribution is -2.63. The first kappa shape index (κ1) is 34.2. The molecule has 8 aliphatic rings. The van der Waals surface area contributed by atoms with E-state index in [4.69, 9.17) is 18.8 Å². The molecule has 8 nitrogen and oxygen atoms in total. The lowest BCUT2D eigenvalue weighted by molar-refractivity contribution is -0.231. The predicted molar refractivity (Wildman–Crippen MR) is 169 cm³/mol. The van der Waals surface area contributed by atoms with Crippen LogP contribution in [0.1, 0.15) is 139 Å². The first-order valence-corrected chi connectivity index (χ1v) is 18.9. The van der Waals surface area contributed by atoms with Gasteiger partial charge in [-0.1, -0.05) is 27.7 Å². The minimum absolute atomic E-state index is 0.0335. The van der Waals surface area contributed by atoms with Gasteiger partial charge in [0.25, 0.3) is 0 Å². The van der Waals surface area contributed by atoms with Crippen molar-refractivity contribution in [3.63, 3.8) is 0 Å². The lowest BCUT2D eigenvalue weighted by Gasteiger charge is -2.62. The Hall–Kier alpha value is -1.19. The fraction of sp³-hybridized carbons (Fsp3) is 0.943. The Balaban J connectivity index is 0.000000175. The average Bonchev–Trinajstić information content (AvgIpc) is 2.88. The topological polar surface area (TPSA) is 122 Å². The highest BCUT2D eigenvalue weighted by atomic mass is 32.2. The molecule has 8 rings (SSSR count). The number of nitrogens with two attached hydrogens (primary N) is 1. The Morgan fingerprint density at radius 1 is 0.727 bits per heavy atom. The molecule has 2 unspecified atom stereocenters. The van der Waals surface area contributed by atoms with Crippen LogP contribution in [0, 0.1) is 52.3 Å². The standard InChI is InChI=1S/C19H32O2.C16H27NO5S/c1-6-18(4,5)17(20)21-19(12(2)3)15-8-13-7-14(10-15)11-16(19)9-13;1-4-14(2,3)13(18)21-15-6-11-5-12(7-15)9-16(8-11,10-15)22-23(17,19)20/h12-16H,6-11H2,1-5H3;11-12H,4-10H2,1-3H3,(H2,17,19,20). The fourth-order valence-corrected chi connectivity index (χ4v) is 11.3. The van der Waals surface area contributed by atoms with Gasteiger partial charge in [0.15, 0.2) is 0 Å². The third-order valence-electron chi connectivity index (χ3n) is 13.0. The maximum atomic E-state index is 12.8. The van der Waals surface area contributed by atoms with Crippen LogP contribution >= 0.6 is 0 Å². The molecule has 8 bridgehead atoms. The van der Waals surface area contributed by atoms with E-state index >= 15 is 0 Å². The number of carbonyl (C=O) groups is 2. The number of carbonyl (C=O) groups excluding carboxylic acids is 2. The van der Waals surface area contributed by atoms with Crippen LogP contribution in [0.2, 0.25) is 0 Å². The van der Waals surface area contributed by atoms with Crippen LogP contribution in [0.4, 0.5) is 0 Å². The highest BCUT2D eigenvalue weighted by Crippen LogP contribution is 2.63. The molecule has 0 aromatic heterocycles. The molecule has 0 saturated heterocycles. The van der Waals surface area contributed by atoms with E-state index < -0.39 is 26.9 Å². The summed E-state index contributed by atoms with van der Waals surface area (Å²) < 4.78 is 40.7. The lowest BCUT2D eigenvalue weighted by atomic mass is 9.47. The van der Waals surface area contributed by atoms with E-state index in [9.17, 15) is 18.0 Å². The molecule has 9 heteroatoms. The molecule has 8 aliphatic carbocycles. The van der Waals surface area contributed by atoms with Gasteiger partial charge < -0.3 is 9.47 Å². The van der Waals surface area contributed by atoms with E-state index in [1.165, 1.54) is 32.1 Å². The molecule has 0 aliphatic heterocycles. The van der Waals surface area contributed by atoms with E-state index in [-0.39, 0.29) is 23.0 Å². The van der Waals surface area contributed by atoms with Crippen LogP contribution < -0.4 is 5.14 Å². The highest BCUT2D eigenvalue weighted by molar-refractivity contribution is 7.84. The van der Waals surface area contributed by atoms with E-state index in [2.05, 4.69) is 20.8 Å². The Labute approximate surface area is 266 Å². The molecular formula is C35H59NO7S. The van der Waals surface area contributed by atoms with Crippen LogP contribution in [-0.4, -0.2) is 37.2 Å². The second kappa shape index (κ2) is 11.5. The summed E-state index contributed by atoms with van der Waals surface area (Å²) in [7, 11) is -4.02. The largest absolute Gasteiger partial charge is 0.459 e. The summed E-state index contributed by atoms with van der Waals surface area (Å²) in [6.07, 6.45) is 12.7. The van der Waals surface area contributed by atoms with Crippen molar-refractivity contribution < 1.29 is 31.7 Å². The van der Waals surface area contributed by atoms with Crippen molar-refractivity contribution in [2.45, 2.75) is 156 Å². The predicted octanol–water partition coefficient (Wildman–Crippen LogP) is 7.09. The molecule has 252 valence electrons. The van der Waals surface area contributed by atoms with Gasteiger partial charge in [0.05, 0.1) is 16.4 Å². The zero-order valence-electron chi connectivity index (χ0n) is 28.6. The van der Waals surface area contributed by atoms with Crippen LogP contribution in [0.3, 0.4) is 0 Å². The second-order valence-electron chi connectivity index (χ2n) is 17.5. The van der Waals surface area contributed by atoms with Crippen molar-refractivity contribution in [1.82, 2.24) is 0 Å². The third kappa shape index (κ3) is 6.36.